The summed E-state index contributed by atoms with van der Waals surface area (Å²) in [7, 11) is 0. The van der Waals surface area contributed by atoms with Crippen molar-refractivity contribution >= 4 is 40.6 Å². The number of ether oxygens (including phenoxy) is 1. The minimum Gasteiger partial charge on any atom is -0.658 e. The standard InChI is InChI=1S/C26H22N3O2S.C2H4O2.Na/c30-25-24(16-18-6-8-20(9-7-18)19-4-2-1-3-5-19)32-26(29-25)28-22-12-10-21(11-13-22)23-17-27-14-15-31-23;1-2(3)4;/h1-13,16,23H,14-15,17H2,(H,28,29,30);1H3,(H,3,4);/q-1;;+1. The maximum Gasteiger partial charge on any atom is 1.00 e. The van der Waals surface area contributed by atoms with E-state index in [1.165, 1.54) is 17.3 Å². The summed E-state index contributed by atoms with van der Waals surface area (Å²) < 4.78 is 5.76. The molecule has 1 saturated heterocycles. The number of nitrogens with zero attached hydrogens (tertiary/aromatic N) is 2. The number of hydrogen-bond acceptors (Lipinski definition) is 5. The molecule has 1 fully saturated rings. The van der Waals surface area contributed by atoms with Gasteiger partial charge in [-0.15, -0.1) is 13.1 Å². The Morgan fingerprint density at radius 1 is 1.05 bits per heavy atom. The van der Waals surface area contributed by atoms with Crippen LogP contribution in [0.4, 0.5) is 5.69 Å². The Morgan fingerprint density at radius 2 is 1.70 bits per heavy atom. The fourth-order valence-electron chi connectivity index (χ4n) is 3.64. The Morgan fingerprint density at radius 3 is 2.32 bits per heavy atom. The van der Waals surface area contributed by atoms with E-state index in [-0.39, 0.29) is 41.6 Å². The van der Waals surface area contributed by atoms with Crippen LogP contribution in [-0.4, -0.2) is 41.8 Å². The summed E-state index contributed by atoms with van der Waals surface area (Å²) in [6, 6.07) is 26.4. The minimum atomic E-state index is -0.833. The molecule has 0 saturated carbocycles. The van der Waals surface area contributed by atoms with Gasteiger partial charge in [0.1, 0.15) is 0 Å². The van der Waals surface area contributed by atoms with Crippen LogP contribution >= 0.6 is 11.8 Å². The molecule has 1 atom stereocenters. The van der Waals surface area contributed by atoms with Crippen LogP contribution in [0.15, 0.2) is 88.8 Å². The Bertz CT molecular complexity index is 1250. The molecule has 0 spiro atoms. The molecule has 3 aromatic rings. The number of nitrogens with one attached hydrogen (secondary N) is 1. The molecule has 2 aliphatic heterocycles. The number of amides is 1. The molecule has 2 heterocycles. The van der Waals surface area contributed by atoms with Gasteiger partial charge in [0.15, 0.2) is 5.17 Å². The van der Waals surface area contributed by atoms with E-state index >= 15 is 0 Å². The van der Waals surface area contributed by atoms with E-state index in [2.05, 4.69) is 39.9 Å². The summed E-state index contributed by atoms with van der Waals surface area (Å²) in [5, 5.41) is 15.6. The third kappa shape index (κ3) is 8.67. The second kappa shape index (κ2) is 14.3. The number of amidine groups is 1. The molecule has 184 valence electrons. The number of carbonyl (C=O) groups excluding carboxylic acids is 1. The van der Waals surface area contributed by atoms with Crippen molar-refractivity contribution in [1.29, 1.82) is 0 Å². The number of aliphatic carboxylic acids is 1. The van der Waals surface area contributed by atoms with E-state index in [9.17, 15) is 4.79 Å². The molecular formula is C28H26N3NaO4S. The summed E-state index contributed by atoms with van der Waals surface area (Å²) in [5.74, 6) is -1.06. The van der Waals surface area contributed by atoms with Crippen LogP contribution in [0.2, 0.25) is 0 Å². The maximum absolute atomic E-state index is 12.4. The first kappa shape index (κ1) is 28.8. The number of aliphatic imine (C=N–C) groups is 1. The van der Waals surface area contributed by atoms with Gasteiger partial charge in [-0.05, 0) is 52.2 Å². The molecule has 7 nitrogen and oxygen atoms in total. The number of anilines is 1. The number of carboxylic acid groups (broad SMARTS) is 1. The number of morpholine rings is 1. The van der Waals surface area contributed by atoms with Gasteiger partial charge in [0, 0.05) is 19.2 Å². The van der Waals surface area contributed by atoms with Crippen LogP contribution < -0.4 is 34.9 Å². The summed E-state index contributed by atoms with van der Waals surface area (Å²) in [5.41, 5.74) is 5.28. The third-order valence-electron chi connectivity index (χ3n) is 5.33. The van der Waals surface area contributed by atoms with Crippen molar-refractivity contribution in [2.75, 3.05) is 25.0 Å². The number of rotatable bonds is 4. The van der Waals surface area contributed by atoms with Gasteiger partial charge in [-0.2, -0.15) is 4.99 Å². The second-order valence-corrected chi connectivity index (χ2v) is 9.11. The van der Waals surface area contributed by atoms with Gasteiger partial charge in [-0.25, -0.2) is 0 Å². The summed E-state index contributed by atoms with van der Waals surface area (Å²) >= 11 is 1.35. The van der Waals surface area contributed by atoms with E-state index in [1.54, 1.807) is 0 Å². The van der Waals surface area contributed by atoms with E-state index in [4.69, 9.17) is 14.6 Å². The van der Waals surface area contributed by atoms with Crippen LogP contribution in [0, 0.1) is 0 Å². The van der Waals surface area contributed by atoms with E-state index in [0.29, 0.717) is 23.2 Å². The molecular weight excluding hydrogens is 497 g/mol. The minimum absolute atomic E-state index is 0. The first-order valence-corrected chi connectivity index (χ1v) is 12.3. The van der Waals surface area contributed by atoms with Gasteiger partial charge in [0.25, 0.3) is 11.9 Å². The normalized spacial score (nSPS) is 17.8. The van der Waals surface area contributed by atoms with E-state index in [0.717, 1.165) is 35.8 Å². The first-order valence-electron chi connectivity index (χ1n) is 11.5. The van der Waals surface area contributed by atoms with Crippen molar-refractivity contribution in [3.8, 4) is 11.1 Å². The summed E-state index contributed by atoms with van der Waals surface area (Å²) in [4.78, 5) is 26.2. The van der Waals surface area contributed by atoms with Crippen LogP contribution in [0.25, 0.3) is 22.5 Å². The zero-order valence-corrected chi connectivity index (χ0v) is 23.6. The second-order valence-electron chi connectivity index (χ2n) is 8.08. The van der Waals surface area contributed by atoms with Crippen LogP contribution in [0.5, 0.6) is 0 Å². The molecule has 0 aliphatic carbocycles. The number of carbonyl (C=O) groups is 2. The third-order valence-corrected chi connectivity index (χ3v) is 6.23. The van der Waals surface area contributed by atoms with E-state index in [1.807, 2.05) is 60.7 Å². The van der Waals surface area contributed by atoms with Crippen LogP contribution in [0.1, 0.15) is 24.2 Å². The topological polar surface area (TPSA) is 102 Å². The molecule has 37 heavy (non-hydrogen) atoms. The average Bonchev–Trinajstić information content (AvgIpc) is 3.24. The van der Waals surface area contributed by atoms with Crippen LogP contribution in [-0.2, 0) is 14.3 Å². The van der Waals surface area contributed by atoms with Gasteiger partial charge >= 0.3 is 29.6 Å². The first-order chi connectivity index (χ1) is 17.5. The number of benzene rings is 3. The predicted molar refractivity (Wildman–Crippen MR) is 145 cm³/mol. The Labute approximate surface area is 242 Å². The Kier molecular flexibility index (Phi) is 11.1. The smallest absolute Gasteiger partial charge is 0.658 e. The van der Waals surface area contributed by atoms with Crippen molar-refractivity contribution in [2.45, 2.75) is 13.0 Å². The fraction of sp³-hybridized carbons (Fsp3) is 0.179. The predicted octanol–water partition coefficient (Wildman–Crippen LogP) is 2.98. The van der Waals surface area contributed by atoms with E-state index < -0.39 is 5.97 Å². The quantitative estimate of drug-likeness (QED) is 0.403. The molecule has 1 unspecified atom stereocenters. The van der Waals surface area contributed by atoms with Gasteiger partial charge in [0.05, 0.1) is 11.0 Å². The Hall–Kier alpha value is -2.72. The average molecular weight is 524 g/mol. The van der Waals surface area contributed by atoms with Gasteiger partial charge in [-0.3, -0.25) is 9.59 Å². The molecule has 0 bridgehead atoms. The molecule has 0 radical (unpaired) electrons. The molecule has 3 aromatic carbocycles. The van der Waals surface area contributed by atoms with Gasteiger partial charge < -0.3 is 20.5 Å². The number of carboxylic acids is 1. The zero-order valence-electron chi connectivity index (χ0n) is 20.8. The largest absolute Gasteiger partial charge is 1.00 e. The number of thioether (sulfide) groups is 1. The molecule has 1 amide bonds. The number of hydrogen-bond donors (Lipinski definition) is 2. The SMILES string of the molecule is CC(=O)O.O=C1N=C(Nc2ccc(C3C[N-]CCO3)cc2)SC1=Cc1ccc(-c2ccccc2)cc1.[Na+]. The van der Waals surface area contributed by atoms with Crippen molar-refractivity contribution < 1.29 is 49.0 Å². The summed E-state index contributed by atoms with van der Waals surface area (Å²) in [6.45, 7) is 3.23. The van der Waals surface area contributed by atoms with Crippen molar-refractivity contribution in [3.05, 3.63) is 100 Å². The van der Waals surface area contributed by atoms with Crippen molar-refractivity contribution in [1.82, 2.24) is 0 Å². The molecule has 2 N–H and O–H groups in total. The fourth-order valence-corrected chi connectivity index (χ4v) is 4.48. The molecule has 9 heteroatoms. The zero-order chi connectivity index (χ0) is 25.3. The van der Waals surface area contributed by atoms with Crippen molar-refractivity contribution in [2.24, 2.45) is 4.99 Å². The van der Waals surface area contributed by atoms with Gasteiger partial charge in [0.2, 0.25) is 0 Å². The van der Waals surface area contributed by atoms with Crippen molar-refractivity contribution in [3.63, 3.8) is 0 Å². The van der Waals surface area contributed by atoms with Gasteiger partial charge in [-0.1, -0.05) is 66.7 Å². The van der Waals surface area contributed by atoms with Crippen LogP contribution in [0.3, 0.4) is 0 Å². The molecule has 0 aromatic heterocycles. The Balaban J connectivity index is 0.000000711. The maximum atomic E-state index is 12.4. The molecule has 2 aliphatic rings. The molecule has 5 rings (SSSR count). The monoisotopic (exact) mass is 523 g/mol. The summed E-state index contributed by atoms with van der Waals surface area (Å²) in [6.07, 6.45) is 1.91.